The molecular weight excluding hydrogens is 296 g/mol. The molecule has 7 nitrogen and oxygen atoms in total. The Kier molecular flexibility index (Phi) is 5.33. The highest BCUT2D eigenvalue weighted by Gasteiger charge is 2.23. The first-order chi connectivity index (χ1) is 10.9. The van der Waals surface area contributed by atoms with Crippen molar-refractivity contribution in [3.63, 3.8) is 0 Å². The fourth-order valence-corrected chi connectivity index (χ4v) is 2.64. The van der Waals surface area contributed by atoms with Gasteiger partial charge in [-0.3, -0.25) is 14.9 Å². The lowest BCUT2D eigenvalue weighted by atomic mass is 10.0. The Morgan fingerprint density at radius 1 is 1.22 bits per heavy atom. The van der Waals surface area contributed by atoms with Crippen LogP contribution < -0.4 is 5.73 Å². The van der Waals surface area contributed by atoms with Crippen molar-refractivity contribution in [2.24, 2.45) is 5.73 Å². The molecule has 0 aromatic heterocycles. The van der Waals surface area contributed by atoms with E-state index in [-0.39, 0.29) is 17.3 Å². The monoisotopic (exact) mass is 318 g/mol. The smallest absolute Gasteiger partial charge is 0.270 e. The Morgan fingerprint density at radius 3 is 2.26 bits per heavy atom. The minimum Gasteiger partial charge on any atom is -0.394 e. The van der Waals surface area contributed by atoms with Crippen molar-refractivity contribution >= 4 is 17.2 Å². The van der Waals surface area contributed by atoms with E-state index in [2.05, 4.69) is 4.90 Å². The number of nitro groups is 1. The molecule has 1 aromatic carbocycles. The molecule has 0 unspecified atom stereocenters. The maximum absolute atomic E-state index is 12.6. The van der Waals surface area contributed by atoms with Gasteiger partial charge in [-0.25, -0.2) is 0 Å². The summed E-state index contributed by atoms with van der Waals surface area (Å²) in [5.41, 5.74) is 7.83. The largest absolute Gasteiger partial charge is 0.394 e. The number of allylic oxidation sites excluding steroid dienone is 1. The number of amides is 1. The Morgan fingerprint density at radius 2 is 1.78 bits per heavy atom. The second-order valence-corrected chi connectivity index (χ2v) is 5.65. The molecule has 23 heavy (non-hydrogen) atoms. The third-order valence-corrected chi connectivity index (χ3v) is 4.13. The molecular formula is C16H22N4O3. The third kappa shape index (κ3) is 3.87. The van der Waals surface area contributed by atoms with Gasteiger partial charge in [-0.2, -0.15) is 0 Å². The number of nitrogens with two attached hydrogens (primary N) is 1. The third-order valence-electron chi connectivity index (χ3n) is 4.13. The lowest BCUT2D eigenvalue weighted by Gasteiger charge is -2.32. The number of hydrogen-bond acceptors (Lipinski definition) is 5. The Labute approximate surface area is 135 Å². The molecule has 1 aliphatic rings. The van der Waals surface area contributed by atoms with E-state index in [0.717, 1.165) is 24.2 Å². The van der Waals surface area contributed by atoms with E-state index in [4.69, 9.17) is 5.73 Å². The van der Waals surface area contributed by atoms with Crippen molar-refractivity contribution in [1.29, 1.82) is 0 Å². The van der Waals surface area contributed by atoms with Gasteiger partial charge in [0, 0.05) is 38.3 Å². The molecule has 0 bridgehead atoms. The second-order valence-electron chi connectivity index (χ2n) is 5.65. The van der Waals surface area contributed by atoms with E-state index in [1.165, 1.54) is 12.1 Å². The number of nitro benzene ring substituents is 1. The van der Waals surface area contributed by atoms with Gasteiger partial charge < -0.3 is 15.5 Å². The van der Waals surface area contributed by atoms with Gasteiger partial charge in [0.15, 0.2) is 0 Å². The maximum atomic E-state index is 12.6. The van der Waals surface area contributed by atoms with Crippen LogP contribution in [-0.4, -0.2) is 53.9 Å². The summed E-state index contributed by atoms with van der Waals surface area (Å²) in [6.07, 6.45) is 0.586. The molecule has 1 fully saturated rings. The highest BCUT2D eigenvalue weighted by Crippen LogP contribution is 2.24. The Bertz CT molecular complexity index is 617. The summed E-state index contributed by atoms with van der Waals surface area (Å²) in [7, 11) is 2.02. The first-order valence-corrected chi connectivity index (χ1v) is 7.65. The Balaban J connectivity index is 2.24. The molecule has 0 aliphatic carbocycles. The molecule has 1 heterocycles. The topological polar surface area (TPSA) is 92.7 Å². The van der Waals surface area contributed by atoms with Crippen LogP contribution >= 0.6 is 0 Å². The summed E-state index contributed by atoms with van der Waals surface area (Å²) in [5.74, 6) is -0.159. The van der Waals surface area contributed by atoms with Gasteiger partial charge in [0.25, 0.3) is 11.6 Å². The zero-order chi connectivity index (χ0) is 17.0. The molecule has 1 saturated heterocycles. The van der Waals surface area contributed by atoms with E-state index in [1.54, 1.807) is 17.0 Å². The molecule has 0 spiro atoms. The normalized spacial score (nSPS) is 16.9. The fraction of sp³-hybridized carbons (Fsp3) is 0.438. The quantitative estimate of drug-likeness (QED) is 0.515. The number of hydrogen-bond donors (Lipinski definition) is 1. The lowest BCUT2D eigenvalue weighted by molar-refractivity contribution is -0.384. The number of carbonyl (C=O) groups excluding carboxylic acids is 1. The van der Waals surface area contributed by atoms with Gasteiger partial charge in [0.05, 0.1) is 4.92 Å². The van der Waals surface area contributed by atoms with Crippen molar-refractivity contribution in [3.05, 3.63) is 45.6 Å². The van der Waals surface area contributed by atoms with Crippen LogP contribution in [0, 0.1) is 10.1 Å². The molecule has 1 aliphatic heterocycles. The van der Waals surface area contributed by atoms with Gasteiger partial charge in [0.1, 0.15) is 5.70 Å². The van der Waals surface area contributed by atoms with Gasteiger partial charge in [0.2, 0.25) is 0 Å². The predicted molar refractivity (Wildman–Crippen MR) is 88.6 cm³/mol. The average molecular weight is 318 g/mol. The van der Waals surface area contributed by atoms with E-state index in [0.29, 0.717) is 19.5 Å². The highest BCUT2D eigenvalue weighted by molar-refractivity contribution is 6.00. The summed E-state index contributed by atoms with van der Waals surface area (Å²) >= 11 is 0. The van der Waals surface area contributed by atoms with Crippen LogP contribution in [0.3, 0.4) is 0 Å². The first-order valence-electron chi connectivity index (χ1n) is 7.65. The molecule has 0 atom stereocenters. The number of nitrogens with zero attached hydrogens (tertiary/aromatic N) is 3. The van der Waals surface area contributed by atoms with Crippen molar-refractivity contribution in [2.45, 2.75) is 13.3 Å². The van der Waals surface area contributed by atoms with Crippen LogP contribution in [-0.2, 0) is 4.79 Å². The molecule has 0 radical (unpaired) electrons. The number of rotatable bonds is 4. The van der Waals surface area contributed by atoms with Crippen LogP contribution in [0.5, 0.6) is 0 Å². The van der Waals surface area contributed by atoms with Crippen LogP contribution in [0.25, 0.3) is 5.57 Å². The number of carbonyl (C=O) groups is 1. The molecule has 124 valence electrons. The first kappa shape index (κ1) is 17.0. The van der Waals surface area contributed by atoms with Crippen molar-refractivity contribution < 1.29 is 9.72 Å². The summed E-state index contributed by atoms with van der Waals surface area (Å²) in [6.45, 7) is 4.90. The highest BCUT2D eigenvalue weighted by atomic mass is 16.6. The molecule has 2 rings (SSSR count). The summed E-state index contributed by atoms with van der Waals surface area (Å²) < 4.78 is 0. The van der Waals surface area contributed by atoms with Crippen molar-refractivity contribution in [2.75, 3.05) is 33.2 Å². The minimum atomic E-state index is -0.447. The molecule has 1 amide bonds. The zero-order valence-electron chi connectivity index (χ0n) is 13.5. The van der Waals surface area contributed by atoms with Gasteiger partial charge in [-0.1, -0.05) is 6.92 Å². The van der Waals surface area contributed by atoms with Crippen LogP contribution in [0.15, 0.2) is 30.0 Å². The number of non-ortho nitro benzene ring substituents is 1. The SMILES string of the molecule is CC/C(=C(\N)C(=O)N1CCN(C)CC1)c1ccc([N+](=O)[O-])cc1. The molecule has 1 aromatic rings. The van der Waals surface area contributed by atoms with Crippen LogP contribution in [0.1, 0.15) is 18.9 Å². The maximum Gasteiger partial charge on any atom is 0.270 e. The van der Waals surface area contributed by atoms with Crippen LogP contribution in [0.2, 0.25) is 0 Å². The second kappa shape index (κ2) is 7.23. The summed E-state index contributed by atoms with van der Waals surface area (Å²) in [5, 5.41) is 10.7. The van der Waals surface area contributed by atoms with Gasteiger partial charge >= 0.3 is 0 Å². The van der Waals surface area contributed by atoms with Crippen LogP contribution in [0.4, 0.5) is 5.69 Å². The predicted octanol–water partition coefficient (Wildman–Crippen LogP) is 1.45. The van der Waals surface area contributed by atoms with E-state index >= 15 is 0 Å². The van der Waals surface area contributed by atoms with E-state index in [9.17, 15) is 14.9 Å². The number of likely N-dealkylation sites (N-methyl/N-ethyl adjacent to an activating group) is 1. The zero-order valence-corrected chi connectivity index (χ0v) is 13.5. The van der Waals surface area contributed by atoms with Gasteiger partial charge in [-0.05, 0) is 36.7 Å². The molecule has 2 N–H and O–H groups in total. The van der Waals surface area contributed by atoms with Crippen molar-refractivity contribution in [3.8, 4) is 0 Å². The Hall–Kier alpha value is -2.41. The summed E-state index contributed by atoms with van der Waals surface area (Å²) in [6, 6.07) is 6.14. The van der Waals surface area contributed by atoms with Crippen molar-refractivity contribution in [1.82, 2.24) is 9.80 Å². The average Bonchev–Trinajstić information content (AvgIpc) is 2.56. The molecule has 0 saturated carbocycles. The number of benzene rings is 1. The standard InChI is InChI=1S/C16H22N4O3/c1-3-14(12-4-6-13(7-5-12)20(22)23)15(17)16(21)19-10-8-18(2)9-11-19/h4-7H,3,8-11,17H2,1-2H3/b15-14+. The fourth-order valence-electron chi connectivity index (χ4n) is 2.64. The summed E-state index contributed by atoms with van der Waals surface area (Å²) in [4.78, 5) is 26.8. The lowest BCUT2D eigenvalue weighted by Crippen LogP contribution is -2.48. The van der Waals surface area contributed by atoms with E-state index < -0.39 is 4.92 Å². The van der Waals surface area contributed by atoms with Gasteiger partial charge in [-0.15, -0.1) is 0 Å². The minimum absolute atomic E-state index is 0.0215. The number of piperazine rings is 1. The molecule has 7 heteroatoms. The van der Waals surface area contributed by atoms with E-state index in [1.807, 2.05) is 14.0 Å².